The zero-order valence-electron chi connectivity index (χ0n) is 8.37. The van der Waals surface area contributed by atoms with Crippen LogP contribution >= 0.6 is 0 Å². The third-order valence-electron chi connectivity index (χ3n) is 3.01. The summed E-state index contributed by atoms with van der Waals surface area (Å²) in [6, 6.07) is 2.80. The van der Waals surface area contributed by atoms with Crippen molar-refractivity contribution < 1.29 is 0 Å². The van der Waals surface area contributed by atoms with Crippen molar-refractivity contribution in [2.24, 2.45) is 5.92 Å². The maximum absolute atomic E-state index is 8.89. The fourth-order valence-electron chi connectivity index (χ4n) is 2.18. The van der Waals surface area contributed by atoms with Crippen LogP contribution in [0.3, 0.4) is 0 Å². The second-order valence-electron chi connectivity index (χ2n) is 4.04. The van der Waals surface area contributed by atoms with Crippen LogP contribution in [0.4, 0.5) is 0 Å². The van der Waals surface area contributed by atoms with Crippen molar-refractivity contribution in [3.8, 4) is 6.07 Å². The molecule has 1 fully saturated rings. The highest BCUT2D eigenvalue weighted by Gasteiger charge is 2.23. The van der Waals surface area contributed by atoms with E-state index in [-0.39, 0.29) is 5.92 Å². The zero-order chi connectivity index (χ0) is 9.80. The molecule has 2 heteroatoms. The minimum atomic E-state index is 0.248. The lowest BCUT2D eigenvalue weighted by Crippen LogP contribution is -2.38. The average Bonchev–Trinajstić information content (AvgIpc) is 2.30. The standard InChI is InChI=1S/C12H16N2/c13-9-10-6-7-14-12(8-10)11-4-2-1-3-5-11/h2,4-5,10,12,14H,1,3,6-8H2. The molecular formula is C12H16N2. The Morgan fingerprint density at radius 2 is 2.36 bits per heavy atom. The lowest BCUT2D eigenvalue weighted by Gasteiger charge is -2.28. The number of nitrogens with zero attached hydrogens (tertiary/aromatic N) is 1. The summed E-state index contributed by atoms with van der Waals surface area (Å²) in [5.41, 5.74) is 1.39. The number of nitrogens with one attached hydrogen (secondary N) is 1. The minimum absolute atomic E-state index is 0.248. The van der Waals surface area contributed by atoms with Crippen LogP contribution in [0.15, 0.2) is 23.8 Å². The Labute approximate surface area is 85.3 Å². The van der Waals surface area contributed by atoms with Gasteiger partial charge in [0.25, 0.3) is 0 Å². The van der Waals surface area contributed by atoms with Crippen LogP contribution in [0.1, 0.15) is 25.7 Å². The molecule has 2 unspecified atom stereocenters. The molecule has 2 atom stereocenters. The summed E-state index contributed by atoms with van der Waals surface area (Å²) in [4.78, 5) is 0. The molecule has 0 bridgehead atoms. The van der Waals surface area contributed by atoms with Gasteiger partial charge in [-0.25, -0.2) is 0 Å². The Kier molecular flexibility index (Phi) is 3.00. The molecule has 2 aliphatic rings. The normalized spacial score (nSPS) is 32.1. The van der Waals surface area contributed by atoms with E-state index in [1.165, 1.54) is 5.57 Å². The zero-order valence-corrected chi connectivity index (χ0v) is 8.37. The van der Waals surface area contributed by atoms with Crippen molar-refractivity contribution in [1.29, 1.82) is 5.26 Å². The van der Waals surface area contributed by atoms with Crippen molar-refractivity contribution in [1.82, 2.24) is 5.32 Å². The van der Waals surface area contributed by atoms with E-state index in [0.717, 1.165) is 32.2 Å². The number of hydrogen-bond donors (Lipinski definition) is 1. The first kappa shape index (κ1) is 9.48. The molecule has 1 aliphatic carbocycles. The van der Waals surface area contributed by atoms with Crippen molar-refractivity contribution in [2.45, 2.75) is 31.7 Å². The van der Waals surface area contributed by atoms with E-state index >= 15 is 0 Å². The Morgan fingerprint density at radius 1 is 1.43 bits per heavy atom. The van der Waals surface area contributed by atoms with Gasteiger partial charge in [-0.1, -0.05) is 18.2 Å². The fraction of sp³-hybridized carbons (Fsp3) is 0.583. The molecular weight excluding hydrogens is 172 g/mol. The Bertz CT molecular complexity index is 296. The molecule has 0 aromatic carbocycles. The van der Waals surface area contributed by atoms with E-state index in [2.05, 4.69) is 29.6 Å². The number of piperidine rings is 1. The Morgan fingerprint density at radius 3 is 3.07 bits per heavy atom. The fourth-order valence-corrected chi connectivity index (χ4v) is 2.18. The summed E-state index contributed by atoms with van der Waals surface area (Å²) < 4.78 is 0. The maximum Gasteiger partial charge on any atom is 0.0657 e. The molecule has 0 aromatic heterocycles. The van der Waals surface area contributed by atoms with E-state index in [1.807, 2.05) is 0 Å². The number of allylic oxidation sites excluding steroid dienone is 2. The monoisotopic (exact) mass is 188 g/mol. The second-order valence-corrected chi connectivity index (χ2v) is 4.04. The molecule has 0 amide bonds. The predicted octanol–water partition coefficient (Wildman–Crippen LogP) is 2.15. The van der Waals surface area contributed by atoms with Gasteiger partial charge in [-0.15, -0.1) is 0 Å². The van der Waals surface area contributed by atoms with Crippen molar-refractivity contribution in [2.75, 3.05) is 6.54 Å². The molecule has 14 heavy (non-hydrogen) atoms. The predicted molar refractivity (Wildman–Crippen MR) is 56.6 cm³/mol. The third kappa shape index (κ3) is 2.05. The maximum atomic E-state index is 8.89. The van der Waals surface area contributed by atoms with Crippen LogP contribution in [-0.4, -0.2) is 12.6 Å². The second kappa shape index (κ2) is 4.43. The van der Waals surface area contributed by atoms with Crippen LogP contribution in [0.5, 0.6) is 0 Å². The molecule has 1 N–H and O–H groups in total. The molecule has 1 heterocycles. The van der Waals surface area contributed by atoms with Crippen LogP contribution in [-0.2, 0) is 0 Å². The van der Waals surface area contributed by atoms with E-state index in [0.29, 0.717) is 6.04 Å². The minimum Gasteiger partial charge on any atom is -0.310 e. The van der Waals surface area contributed by atoms with Gasteiger partial charge in [0.15, 0.2) is 0 Å². The molecule has 2 nitrogen and oxygen atoms in total. The van der Waals surface area contributed by atoms with Crippen molar-refractivity contribution >= 4 is 0 Å². The lowest BCUT2D eigenvalue weighted by atomic mass is 9.88. The highest BCUT2D eigenvalue weighted by atomic mass is 14.9. The van der Waals surface area contributed by atoms with Gasteiger partial charge >= 0.3 is 0 Å². The summed E-state index contributed by atoms with van der Waals surface area (Å²) in [6.45, 7) is 0.980. The first-order valence-electron chi connectivity index (χ1n) is 5.40. The molecule has 1 saturated heterocycles. The third-order valence-corrected chi connectivity index (χ3v) is 3.01. The van der Waals surface area contributed by atoms with Gasteiger partial charge in [0.1, 0.15) is 0 Å². The Hall–Kier alpha value is -1.07. The SMILES string of the molecule is N#CC1CCNC(C2=CCCC=C2)C1. The molecule has 0 aromatic rings. The summed E-state index contributed by atoms with van der Waals surface area (Å²) in [6.07, 6.45) is 11.0. The summed E-state index contributed by atoms with van der Waals surface area (Å²) in [7, 11) is 0. The van der Waals surface area contributed by atoms with E-state index in [4.69, 9.17) is 5.26 Å². The summed E-state index contributed by atoms with van der Waals surface area (Å²) in [5.74, 6) is 0.248. The van der Waals surface area contributed by atoms with Crippen LogP contribution in [0.25, 0.3) is 0 Å². The topological polar surface area (TPSA) is 35.8 Å². The van der Waals surface area contributed by atoms with Gasteiger partial charge in [-0.05, 0) is 37.8 Å². The van der Waals surface area contributed by atoms with Gasteiger partial charge in [0, 0.05) is 12.0 Å². The van der Waals surface area contributed by atoms with E-state index in [1.54, 1.807) is 0 Å². The highest BCUT2D eigenvalue weighted by molar-refractivity contribution is 5.28. The molecule has 1 aliphatic heterocycles. The van der Waals surface area contributed by atoms with Gasteiger partial charge in [-0.2, -0.15) is 5.26 Å². The van der Waals surface area contributed by atoms with Gasteiger partial charge in [-0.3, -0.25) is 0 Å². The van der Waals surface area contributed by atoms with Gasteiger partial charge < -0.3 is 5.32 Å². The van der Waals surface area contributed by atoms with Crippen molar-refractivity contribution in [3.05, 3.63) is 23.8 Å². The van der Waals surface area contributed by atoms with Crippen LogP contribution in [0, 0.1) is 17.2 Å². The van der Waals surface area contributed by atoms with Gasteiger partial charge in [0.2, 0.25) is 0 Å². The van der Waals surface area contributed by atoms with E-state index < -0.39 is 0 Å². The highest BCUT2D eigenvalue weighted by Crippen LogP contribution is 2.23. The lowest BCUT2D eigenvalue weighted by molar-refractivity contribution is 0.383. The molecule has 2 rings (SSSR count). The smallest absolute Gasteiger partial charge is 0.0657 e. The summed E-state index contributed by atoms with van der Waals surface area (Å²) in [5, 5.41) is 12.4. The quantitative estimate of drug-likeness (QED) is 0.684. The average molecular weight is 188 g/mol. The van der Waals surface area contributed by atoms with Crippen molar-refractivity contribution in [3.63, 3.8) is 0 Å². The summed E-state index contributed by atoms with van der Waals surface area (Å²) >= 11 is 0. The first-order chi connectivity index (χ1) is 6.90. The van der Waals surface area contributed by atoms with Gasteiger partial charge in [0.05, 0.1) is 6.07 Å². The molecule has 0 spiro atoms. The molecule has 74 valence electrons. The molecule has 0 radical (unpaired) electrons. The Balaban J connectivity index is 2.00. The van der Waals surface area contributed by atoms with Crippen LogP contribution in [0.2, 0.25) is 0 Å². The number of hydrogen-bond acceptors (Lipinski definition) is 2. The first-order valence-corrected chi connectivity index (χ1v) is 5.40. The number of rotatable bonds is 1. The molecule has 0 saturated carbocycles. The van der Waals surface area contributed by atoms with E-state index in [9.17, 15) is 0 Å². The largest absolute Gasteiger partial charge is 0.310 e. The van der Waals surface area contributed by atoms with Crippen LogP contribution < -0.4 is 5.32 Å². The number of nitriles is 1.